The predicted molar refractivity (Wildman–Crippen MR) is 144 cm³/mol. The van der Waals surface area contributed by atoms with Gasteiger partial charge in [0.2, 0.25) is 5.91 Å². The second-order valence-corrected chi connectivity index (χ2v) is 9.62. The standard InChI is InChI=1S/C30H30N4O3/c1-20-14-15-24(16-21(20)2)34-28(35)26-17-25(22-10-6-5-7-11-22)32-33(26)19-30(34,3)29(36)31-18-23-12-8-9-13-27(23)37-4/h5-17H,18-19H2,1-4H3,(H,31,36)/t30-/m1/s1. The zero-order valence-electron chi connectivity index (χ0n) is 21.5. The van der Waals surface area contributed by atoms with E-state index in [4.69, 9.17) is 9.84 Å². The second kappa shape index (κ2) is 9.58. The lowest BCUT2D eigenvalue weighted by Gasteiger charge is -2.43. The summed E-state index contributed by atoms with van der Waals surface area (Å²) in [6, 6.07) is 24.9. The molecule has 0 saturated carbocycles. The van der Waals surface area contributed by atoms with Gasteiger partial charge in [0, 0.05) is 23.4 Å². The molecule has 0 unspecified atom stereocenters. The third-order valence-electron chi connectivity index (χ3n) is 7.09. The Balaban J connectivity index is 1.55. The molecule has 5 rings (SSSR count). The van der Waals surface area contributed by atoms with Gasteiger partial charge < -0.3 is 10.1 Å². The van der Waals surface area contributed by atoms with Crippen LogP contribution in [-0.4, -0.2) is 34.2 Å². The van der Waals surface area contributed by atoms with Gasteiger partial charge in [-0.1, -0.05) is 54.6 Å². The summed E-state index contributed by atoms with van der Waals surface area (Å²) < 4.78 is 7.10. The highest BCUT2D eigenvalue weighted by Crippen LogP contribution is 2.35. The van der Waals surface area contributed by atoms with Crippen LogP contribution in [0, 0.1) is 13.8 Å². The van der Waals surface area contributed by atoms with Crippen LogP contribution < -0.4 is 15.0 Å². The molecule has 0 radical (unpaired) electrons. The normalized spacial score (nSPS) is 16.9. The first-order valence-corrected chi connectivity index (χ1v) is 12.3. The number of rotatable bonds is 6. The Bertz CT molecular complexity index is 1480. The molecule has 0 aliphatic carbocycles. The van der Waals surface area contributed by atoms with Gasteiger partial charge in [-0.3, -0.25) is 19.2 Å². The lowest BCUT2D eigenvalue weighted by molar-refractivity contribution is -0.126. The summed E-state index contributed by atoms with van der Waals surface area (Å²) in [5, 5.41) is 7.77. The van der Waals surface area contributed by atoms with Crippen LogP contribution in [0.4, 0.5) is 5.69 Å². The first kappa shape index (κ1) is 24.3. The van der Waals surface area contributed by atoms with Gasteiger partial charge in [0.15, 0.2) is 0 Å². The molecule has 1 N–H and O–H groups in total. The van der Waals surface area contributed by atoms with Crippen molar-refractivity contribution in [2.45, 2.75) is 39.4 Å². The quantitative estimate of drug-likeness (QED) is 0.413. The molecular formula is C30H30N4O3. The number of amides is 2. The molecule has 1 aliphatic heterocycles. The molecule has 2 heterocycles. The first-order chi connectivity index (χ1) is 17.8. The maximum atomic E-state index is 14.0. The Morgan fingerprint density at radius 1 is 1.00 bits per heavy atom. The van der Waals surface area contributed by atoms with Crippen molar-refractivity contribution in [3.8, 4) is 17.0 Å². The van der Waals surface area contributed by atoms with Crippen LogP contribution in [0.5, 0.6) is 5.75 Å². The summed E-state index contributed by atoms with van der Waals surface area (Å²) in [6.07, 6.45) is 0. The average Bonchev–Trinajstić information content (AvgIpc) is 3.34. The minimum Gasteiger partial charge on any atom is -0.496 e. The lowest BCUT2D eigenvalue weighted by Crippen LogP contribution is -2.64. The molecule has 3 aromatic carbocycles. The van der Waals surface area contributed by atoms with E-state index in [1.807, 2.05) is 86.6 Å². The molecule has 0 bridgehead atoms. The number of aromatic nitrogens is 2. The maximum Gasteiger partial charge on any atom is 0.277 e. The van der Waals surface area contributed by atoms with E-state index in [-0.39, 0.29) is 24.9 Å². The molecular weight excluding hydrogens is 464 g/mol. The van der Waals surface area contributed by atoms with Gasteiger partial charge in [0.05, 0.1) is 19.3 Å². The van der Waals surface area contributed by atoms with Crippen LogP contribution in [0.3, 0.4) is 0 Å². The van der Waals surface area contributed by atoms with E-state index >= 15 is 0 Å². The van der Waals surface area contributed by atoms with Gasteiger partial charge in [0.1, 0.15) is 17.0 Å². The fourth-order valence-corrected chi connectivity index (χ4v) is 4.82. The number of methoxy groups -OCH3 is 1. The fraction of sp³-hybridized carbons (Fsp3) is 0.233. The molecule has 4 aromatic rings. The van der Waals surface area contributed by atoms with Gasteiger partial charge in [-0.2, -0.15) is 5.10 Å². The molecule has 1 aliphatic rings. The summed E-state index contributed by atoms with van der Waals surface area (Å²) in [7, 11) is 1.60. The number of hydrogen-bond acceptors (Lipinski definition) is 4. The topological polar surface area (TPSA) is 76.5 Å². The number of hydrogen-bond donors (Lipinski definition) is 1. The molecule has 37 heavy (non-hydrogen) atoms. The Hall–Kier alpha value is -4.39. The van der Waals surface area contributed by atoms with E-state index < -0.39 is 5.54 Å². The van der Waals surface area contributed by atoms with Crippen molar-refractivity contribution in [2.24, 2.45) is 0 Å². The summed E-state index contributed by atoms with van der Waals surface area (Å²) in [5.41, 5.74) is 4.54. The van der Waals surface area contributed by atoms with Gasteiger partial charge in [-0.05, 0) is 56.2 Å². The van der Waals surface area contributed by atoms with Crippen molar-refractivity contribution in [1.29, 1.82) is 0 Å². The van der Waals surface area contributed by atoms with Crippen LogP contribution in [0.25, 0.3) is 11.3 Å². The zero-order valence-corrected chi connectivity index (χ0v) is 21.5. The third-order valence-corrected chi connectivity index (χ3v) is 7.09. The average molecular weight is 495 g/mol. The molecule has 7 nitrogen and oxygen atoms in total. The van der Waals surface area contributed by atoms with E-state index in [0.717, 1.165) is 22.3 Å². The number of fused-ring (bicyclic) bond motifs is 1. The van der Waals surface area contributed by atoms with Crippen molar-refractivity contribution in [2.75, 3.05) is 12.0 Å². The second-order valence-electron chi connectivity index (χ2n) is 9.62. The molecule has 0 spiro atoms. The Labute approximate surface area is 216 Å². The van der Waals surface area contributed by atoms with Crippen molar-refractivity contribution in [1.82, 2.24) is 15.1 Å². The molecule has 1 atom stereocenters. The summed E-state index contributed by atoms with van der Waals surface area (Å²) in [6.45, 7) is 6.31. The van der Waals surface area contributed by atoms with Gasteiger partial charge in [0.25, 0.3) is 5.91 Å². The number of benzene rings is 3. The molecule has 0 fully saturated rings. The number of nitrogens with zero attached hydrogens (tertiary/aromatic N) is 3. The maximum absolute atomic E-state index is 14.0. The van der Waals surface area contributed by atoms with E-state index in [1.54, 1.807) is 29.7 Å². The van der Waals surface area contributed by atoms with Crippen LogP contribution in [-0.2, 0) is 17.9 Å². The number of ether oxygens (including phenoxy) is 1. The van der Waals surface area contributed by atoms with E-state index in [9.17, 15) is 9.59 Å². The molecule has 2 amide bonds. The Morgan fingerprint density at radius 3 is 2.46 bits per heavy atom. The first-order valence-electron chi connectivity index (χ1n) is 12.3. The Kier molecular flexibility index (Phi) is 6.29. The van der Waals surface area contributed by atoms with Crippen LogP contribution in [0.1, 0.15) is 34.1 Å². The number of anilines is 1. The highest BCUT2D eigenvalue weighted by atomic mass is 16.5. The number of nitrogens with one attached hydrogen (secondary N) is 1. The van der Waals surface area contributed by atoms with Gasteiger partial charge >= 0.3 is 0 Å². The third kappa shape index (κ3) is 4.37. The highest BCUT2D eigenvalue weighted by Gasteiger charge is 2.49. The Morgan fingerprint density at radius 2 is 1.73 bits per heavy atom. The van der Waals surface area contributed by atoms with Crippen molar-refractivity contribution < 1.29 is 14.3 Å². The van der Waals surface area contributed by atoms with E-state index in [1.165, 1.54) is 0 Å². The summed E-state index contributed by atoms with van der Waals surface area (Å²) >= 11 is 0. The number of carbonyl (C=O) groups is 2. The molecule has 7 heteroatoms. The number of aryl methyl sites for hydroxylation is 2. The molecule has 0 saturated heterocycles. The van der Waals surface area contributed by atoms with Crippen molar-refractivity contribution in [3.63, 3.8) is 0 Å². The van der Waals surface area contributed by atoms with Crippen molar-refractivity contribution >= 4 is 17.5 Å². The lowest BCUT2D eigenvalue weighted by atomic mass is 9.93. The summed E-state index contributed by atoms with van der Waals surface area (Å²) in [4.78, 5) is 29.5. The highest BCUT2D eigenvalue weighted by molar-refractivity contribution is 6.12. The fourth-order valence-electron chi connectivity index (χ4n) is 4.82. The van der Waals surface area contributed by atoms with Crippen LogP contribution in [0.15, 0.2) is 78.9 Å². The van der Waals surface area contributed by atoms with Gasteiger partial charge in [-0.25, -0.2) is 0 Å². The van der Waals surface area contributed by atoms with Crippen LogP contribution in [0.2, 0.25) is 0 Å². The SMILES string of the molecule is COc1ccccc1CNC(=O)[C@@]1(C)Cn2nc(-c3ccccc3)cc2C(=O)N1c1ccc(C)c(C)c1. The smallest absolute Gasteiger partial charge is 0.277 e. The number of para-hydroxylation sites is 1. The molecule has 188 valence electrons. The van der Waals surface area contributed by atoms with E-state index in [0.29, 0.717) is 22.8 Å². The minimum absolute atomic E-state index is 0.214. The zero-order chi connectivity index (χ0) is 26.2. The van der Waals surface area contributed by atoms with Gasteiger partial charge in [-0.15, -0.1) is 0 Å². The minimum atomic E-state index is -1.21. The van der Waals surface area contributed by atoms with Crippen LogP contribution >= 0.6 is 0 Å². The summed E-state index contributed by atoms with van der Waals surface area (Å²) in [5.74, 6) is 0.159. The van der Waals surface area contributed by atoms with Crippen molar-refractivity contribution in [3.05, 3.63) is 101 Å². The number of carbonyl (C=O) groups excluding carboxylic acids is 2. The van der Waals surface area contributed by atoms with E-state index in [2.05, 4.69) is 5.32 Å². The monoisotopic (exact) mass is 494 g/mol. The predicted octanol–water partition coefficient (Wildman–Crippen LogP) is 4.91. The largest absolute Gasteiger partial charge is 0.496 e. The molecule has 1 aromatic heterocycles.